The van der Waals surface area contributed by atoms with Crippen LogP contribution in [0.3, 0.4) is 0 Å². The van der Waals surface area contributed by atoms with Crippen molar-refractivity contribution in [2.45, 2.75) is 51.6 Å². The summed E-state index contributed by atoms with van der Waals surface area (Å²) in [6.45, 7) is 4.52. The predicted molar refractivity (Wildman–Crippen MR) is 70.6 cm³/mol. The van der Waals surface area contributed by atoms with Gasteiger partial charge in [-0.15, -0.1) is 0 Å². The Balaban J connectivity index is 5.76. The second kappa shape index (κ2) is 7.46. The van der Waals surface area contributed by atoms with Crippen LogP contribution in [0.25, 0.3) is 0 Å². The minimum absolute atomic E-state index is 0.0352. The molecule has 0 amide bonds. The summed E-state index contributed by atoms with van der Waals surface area (Å²) in [6, 6.07) is 0. The van der Waals surface area contributed by atoms with E-state index in [2.05, 4.69) is 4.74 Å². The number of ether oxygens (including phenoxy) is 1. The number of carbonyl (C=O) groups excluding carboxylic acids is 1. The molecule has 144 valence electrons. The first-order chi connectivity index (χ1) is 10.4. The van der Waals surface area contributed by atoms with Crippen LogP contribution < -0.4 is 0 Å². The second-order valence-corrected chi connectivity index (χ2v) is 7.29. The molecule has 5 nitrogen and oxygen atoms in total. The van der Waals surface area contributed by atoms with Crippen LogP contribution >= 0.6 is 0 Å². The zero-order valence-corrected chi connectivity index (χ0v) is 13.8. The third kappa shape index (κ3) is 6.11. The molecule has 1 unspecified atom stereocenters. The first kappa shape index (κ1) is 23.0. The van der Waals surface area contributed by atoms with E-state index in [4.69, 9.17) is 4.55 Å². The maximum atomic E-state index is 13.0. The smallest absolute Gasteiger partial charge is 0.438 e. The Morgan fingerprint density at radius 1 is 1.00 bits per heavy atom. The first-order valence-corrected chi connectivity index (χ1v) is 8.35. The lowest BCUT2D eigenvalue weighted by atomic mass is 9.98. The van der Waals surface area contributed by atoms with Gasteiger partial charge in [0, 0.05) is 0 Å². The number of rotatable bonds is 7. The minimum Gasteiger partial charge on any atom is -0.438 e. The number of hydrogen-bond donors (Lipinski definition) is 1. The van der Waals surface area contributed by atoms with Gasteiger partial charge in [0.2, 0.25) is 0 Å². The molecule has 0 aliphatic carbocycles. The van der Waals surface area contributed by atoms with Gasteiger partial charge in [-0.05, 0) is 12.3 Å². The average molecular weight is 388 g/mol. The summed E-state index contributed by atoms with van der Waals surface area (Å²) in [4.78, 5) is 11.7. The SMILES string of the molecule is CC(C)CCC(C)C(=O)OC(CS(=O)(=O)O)(C(F)(F)F)C(F)(F)F. The quantitative estimate of drug-likeness (QED) is 0.411. The van der Waals surface area contributed by atoms with Crippen LogP contribution in [0.1, 0.15) is 33.6 Å². The van der Waals surface area contributed by atoms with Gasteiger partial charge >= 0.3 is 23.9 Å². The zero-order valence-electron chi connectivity index (χ0n) is 13.0. The van der Waals surface area contributed by atoms with Gasteiger partial charge in [-0.2, -0.15) is 34.8 Å². The molecule has 12 heteroatoms. The molecule has 0 bridgehead atoms. The molecule has 1 N–H and O–H groups in total. The molecule has 0 heterocycles. The predicted octanol–water partition coefficient (Wildman–Crippen LogP) is 3.35. The number of alkyl halides is 6. The maximum absolute atomic E-state index is 13.0. The lowest BCUT2D eigenvalue weighted by Crippen LogP contribution is -2.63. The topological polar surface area (TPSA) is 80.7 Å². The van der Waals surface area contributed by atoms with E-state index in [1.807, 2.05) is 0 Å². The van der Waals surface area contributed by atoms with E-state index in [1.165, 1.54) is 0 Å². The van der Waals surface area contributed by atoms with E-state index in [0.29, 0.717) is 6.42 Å². The summed E-state index contributed by atoms with van der Waals surface area (Å²) in [5, 5.41) is 0. The maximum Gasteiger partial charge on any atom is 0.438 e. The Morgan fingerprint density at radius 2 is 1.42 bits per heavy atom. The van der Waals surface area contributed by atoms with Crippen molar-refractivity contribution in [1.82, 2.24) is 0 Å². The van der Waals surface area contributed by atoms with Crippen molar-refractivity contribution >= 4 is 16.1 Å². The third-order valence-electron chi connectivity index (χ3n) is 3.16. The normalized spacial score (nSPS) is 15.5. The van der Waals surface area contributed by atoms with E-state index in [0.717, 1.165) is 6.92 Å². The van der Waals surface area contributed by atoms with Crippen LogP contribution in [0.4, 0.5) is 26.3 Å². The summed E-state index contributed by atoms with van der Waals surface area (Å²) < 4.78 is 111. The van der Waals surface area contributed by atoms with E-state index in [-0.39, 0.29) is 12.3 Å². The van der Waals surface area contributed by atoms with Gasteiger partial charge in [-0.25, -0.2) is 0 Å². The van der Waals surface area contributed by atoms with Crippen molar-refractivity contribution in [2.24, 2.45) is 11.8 Å². The molecule has 24 heavy (non-hydrogen) atoms. The van der Waals surface area contributed by atoms with Crippen molar-refractivity contribution in [2.75, 3.05) is 5.75 Å². The van der Waals surface area contributed by atoms with Crippen molar-refractivity contribution in [3.05, 3.63) is 0 Å². The highest BCUT2D eigenvalue weighted by Crippen LogP contribution is 2.47. The van der Waals surface area contributed by atoms with Crippen LogP contribution in [0.15, 0.2) is 0 Å². The summed E-state index contributed by atoms with van der Waals surface area (Å²) in [7, 11) is -5.76. The fourth-order valence-electron chi connectivity index (χ4n) is 1.70. The molecule has 0 saturated carbocycles. The molecular weight excluding hydrogens is 370 g/mol. The fourth-order valence-corrected chi connectivity index (χ4v) is 2.60. The van der Waals surface area contributed by atoms with Gasteiger partial charge in [-0.1, -0.05) is 27.2 Å². The summed E-state index contributed by atoms with van der Waals surface area (Å²) in [5.74, 6) is -6.00. The highest BCUT2D eigenvalue weighted by molar-refractivity contribution is 7.85. The van der Waals surface area contributed by atoms with Crippen molar-refractivity contribution in [1.29, 1.82) is 0 Å². The Bertz CT molecular complexity index is 523. The largest absolute Gasteiger partial charge is 0.438 e. The van der Waals surface area contributed by atoms with Crippen molar-refractivity contribution < 1.29 is 48.8 Å². The van der Waals surface area contributed by atoms with Crippen LogP contribution in [0.5, 0.6) is 0 Å². The first-order valence-electron chi connectivity index (χ1n) is 6.74. The van der Waals surface area contributed by atoms with E-state index in [9.17, 15) is 39.6 Å². The van der Waals surface area contributed by atoms with Gasteiger partial charge in [0.05, 0.1) is 5.92 Å². The van der Waals surface area contributed by atoms with Crippen LogP contribution in [0.2, 0.25) is 0 Å². The average Bonchev–Trinajstić information content (AvgIpc) is 2.30. The molecule has 0 aliphatic heterocycles. The molecule has 0 radical (unpaired) electrons. The monoisotopic (exact) mass is 388 g/mol. The van der Waals surface area contributed by atoms with Gasteiger partial charge < -0.3 is 4.74 Å². The van der Waals surface area contributed by atoms with Gasteiger partial charge in [-0.3, -0.25) is 9.35 Å². The second-order valence-electron chi connectivity index (χ2n) is 5.84. The standard InChI is InChI=1S/C12H18F6O5S/c1-7(2)4-5-8(3)9(19)23-10(11(13,14)15,12(16,17)18)6-24(20,21)22/h7-8H,4-6H2,1-3H3,(H,20,21,22). The molecule has 0 aromatic carbocycles. The number of carbonyl (C=O) groups is 1. The Kier molecular flexibility index (Phi) is 7.14. The molecule has 0 aliphatic rings. The highest BCUT2D eigenvalue weighted by Gasteiger charge is 2.76. The lowest BCUT2D eigenvalue weighted by molar-refractivity contribution is -0.362. The van der Waals surface area contributed by atoms with E-state index < -0.39 is 45.7 Å². The Morgan fingerprint density at radius 3 is 1.71 bits per heavy atom. The molecule has 0 aromatic rings. The van der Waals surface area contributed by atoms with Crippen LogP contribution in [-0.2, 0) is 19.6 Å². The van der Waals surface area contributed by atoms with E-state index >= 15 is 0 Å². The molecule has 0 saturated heterocycles. The summed E-state index contributed by atoms with van der Waals surface area (Å²) >= 11 is 0. The van der Waals surface area contributed by atoms with Gasteiger partial charge in [0.25, 0.3) is 10.1 Å². The molecule has 1 atom stereocenters. The Labute approximate surface area is 135 Å². The number of hydrogen-bond acceptors (Lipinski definition) is 4. The number of halogens is 6. The summed E-state index contributed by atoms with van der Waals surface area (Å²) in [6.07, 6.45) is -12.3. The zero-order chi connectivity index (χ0) is 19.6. The molecular formula is C12H18F6O5S. The Hall–Kier alpha value is -1.04. The van der Waals surface area contributed by atoms with Crippen LogP contribution in [-0.4, -0.2) is 42.6 Å². The fraction of sp³-hybridized carbons (Fsp3) is 0.917. The summed E-state index contributed by atoms with van der Waals surface area (Å²) in [5.41, 5.74) is -5.34. The lowest BCUT2D eigenvalue weighted by Gasteiger charge is -2.36. The number of esters is 1. The highest BCUT2D eigenvalue weighted by atomic mass is 32.2. The minimum atomic E-state index is -6.30. The van der Waals surface area contributed by atoms with E-state index in [1.54, 1.807) is 13.8 Å². The molecule has 0 rings (SSSR count). The van der Waals surface area contributed by atoms with Crippen LogP contribution in [0, 0.1) is 11.8 Å². The van der Waals surface area contributed by atoms with Crippen molar-refractivity contribution in [3.63, 3.8) is 0 Å². The molecule has 0 spiro atoms. The van der Waals surface area contributed by atoms with Gasteiger partial charge in [0.1, 0.15) is 5.75 Å². The van der Waals surface area contributed by atoms with Crippen molar-refractivity contribution in [3.8, 4) is 0 Å². The molecule has 0 aromatic heterocycles. The third-order valence-corrected chi connectivity index (χ3v) is 3.93. The van der Waals surface area contributed by atoms with Gasteiger partial charge in [0.15, 0.2) is 0 Å². The molecule has 0 fully saturated rings.